The van der Waals surface area contributed by atoms with Gasteiger partial charge in [0.05, 0.1) is 16.8 Å². The van der Waals surface area contributed by atoms with E-state index in [0.29, 0.717) is 0 Å². The molecule has 1 amide bonds. The SMILES string of the molecule is O=C1Nc2ccc(Br)nc2C12CCCC2. The van der Waals surface area contributed by atoms with Crippen molar-refractivity contribution >= 4 is 27.5 Å². The average molecular weight is 267 g/mol. The van der Waals surface area contributed by atoms with Crippen LogP contribution in [0.4, 0.5) is 5.69 Å². The van der Waals surface area contributed by atoms with Crippen LogP contribution in [0.15, 0.2) is 16.7 Å². The molecule has 0 atom stereocenters. The Morgan fingerprint density at radius 1 is 1.33 bits per heavy atom. The van der Waals surface area contributed by atoms with Crippen molar-refractivity contribution in [3.8, 4) is 0 Å². The van der Waals surface area contributed by atoms with E-state index in [4.69, 9.17) is 0 Å². The van der Waals surface area contributed by atoms with Crippen molar-refractivity contribution in [2.45, 2.75) is 31.1 Å². The molecule has 3 nitrogen and oxygen atoms in total. The zero-order chi connectivity index (χ0) is 10.5. The third-order valence-corrected chi connectivity index (χ3v) is 3.90. The molecule has 4 heteroatoms. The third kappa shape index (κ3) is 1.17. The van der Waals surface area contributed by atoms with Gasteiger partial charge in [0.25, 0.3) is 0 Å². The van der Waals surface area contributed by atoms with E-state index < -0.39 is 0 Å². The maximum Gasteiger partial charge on any atom is 0.236 e. The number of carbonyl (C=O) groups excluding carboxylic acids is 1. The molecular formula is C11H11BrN2O. The van der Waals surface area contributed by atoms with Crippen molar-refractivity contribution in [2.24, 2.45) is 0 Å². The molecular weight excluding hydrogens is 256 g/mol. The van der Waals surface area contributed by atoms with Gasteiger partial charge in [-0.25, -0.2) is 4.98 Å². The predicted octanol–water partition coefficient (Wildman–Crippen LogP) is 2.61. The lowest BCUT2D eigenvalue weighted by Gasteiger charge is -2.19. The first-order chi connectivity index (χ1) is 7.22. The first-order valence-corrected chi connectivity index (χ1v) is 6.00. The van der Waals surface area contributed by atoms with Gasteiger partial charge >= 0.3 is 0 Å². The zero-order valence-electron chi connectivity index (χ0n) is 8.22. The molecule has 1 aliphatic carbocycles. The number of nitrogens with zero attached hydrogens (tertiary/aromatic N) is 1. The Morgan fingerprint density at radius 2 is 2.07 bits per heavy atom. The summed E-state index contributed by atoms with van der Waals surface area (Å²) in [6.07, 6.45) is 4.13. The number of amides is 1. The molecule has 15 heavy (non-hydrogen) atoms. The van der Waals surface area contributed by atoms with Crippen LogP contribution in [0.5, 0.6) is 0 Å². The highest BCUT2D eigenvalue weighted by Gasteiger charge is 2.49. The molecule has 78 valence electrons. The molecule has 1 spiro atoms. The highest BCUT2D eigenvalue weighted by Crippen LogP contribution is 2.47. The number of pyridine rings is 1. The van der Waals surface area contributed by atoms with Gasteiger partial charge < -0.3 is 5.32 Å². The fourth-order valence-electron chi connectivity index (χ4n) is 2.69. The minimum atomic E-state index is -0.320. The molecule has 2 aliphatic rings. The van der Waals surface area contributed by atoms with Crippen LogP contribution < -0.4 is 5.32 Å². The van der Waals surface area contributed by atoms with E-state index in [1.165, 1.54) is 0 Å². The van der Waals surface area contributed by atoms with E-state index >= 15 is 0 Å². The Bertz CT molecular complexity index is 438. The quantitative estimate of drug-likeness (QED) is 0.734. The summed E-state index contributed by atoms with van der Waals surface area (Å²) in [6, 6.07) is 3.80. The predicted molar refractivity (Wildman–Crippen MR) is 60.7 cm³/mol. The number of aromatic nitrogens is 1. The molecule has 1 aliphatic heterocycles. The summed E-state index contributed by atoms with van der Waals surface area (Å²) < 4.78 is 0.809. The van der Waals surface area contributed by atoms with Crippen LogP contribution in [-0.4, -0.2) is 10.9 Å². The van der Waals surface area contributed by atoms with E-state index in [1.807, 2.05) is 12.1 Å². The molecule has 2 heterocycles. The second-order valence-electron chi connectivity index (χ2n) is 4.27. The average Bonchev–Trinajstić information content (AvgIpc) is 2.78. The number of nitrogens with one attached hydrogen (secondary N) is 1. The lowest BCUT2D eigenvalue weighted by molar-refractivity contribution is -0.120. The minimum absolute atomic E-state index is 0.139. The van der Waals surface area contributed by atoms with Gasteiger partial charge in [0, 0.05) is 0 Å². The van der Waals surface area contributed by atoms with Crippen LogP contribution >= 0.6 is 15.9 Å². The van der Waals surface area contributed by atoms with E-state index in [0.717, 1.165) is 41.7 Å². The topological polar surface area (TPSA) is 42.0 Å². The number of hydrogen-bond acceptors (Lipinski definition) is 2. The molecule has 1 aromatic rings. The number of carbonyl (C=O) groups is 1. The van der Waals surface area contributed by atoms with E-state index in [-0.39, 0.29) is 11.3 Å². The normalized spacial score (nSPS) is 21.8. The van der Waals surface area contributed by atoms with Crippen LogP contribution in [0, 0.1) is 0 Å². The van der Waals surface area contributed by atoms with Crippen LogP contribution in [0.1, 0.15) is 31.4 Å². The zero-order valence-corrected chi connectivity index (χ0v) is 9.80. The van der Waals surface area contributed by atoms with Crippen LogP contribution in [0.3, 0.4) is 0 Å². The van der Waals surface area contributed by atoms with Gasteiger partial charge in [-0.15, -0.1) is 0 Å². The second kappa shape index (κ2) is 3.04. The highest BCUT2D eigenvalue weighted by atomic mass is 79.9. The fraction of sp³-hybridized carbons (Fsp3) is 0.455. The van der Waals surface area contributed by atoms with Crippen LogP contribution in [-0.2, 0) is 10.2 Å². The highest BCUT2D eigenvalue weighted by molar-refractivity contribution is 9.10. The van der Waals surface area contributed by atoms with Crippen LogP contribution in [0.2, 0.25) is 0 Å². The molecule has 1 saturated carbocycles. The van der Waals surface area contributed by atoms with Gasteiger partial charge in [-0.05, 0) is 40.9 Å². The standard InChI is InChI=1S/C11H11BrN2O/c12-8-4-3-7-9(14-8)11(10(15)13-7)5-1-2-6-11/h3-4H,1-2,5-6H2,(H,13,15). The van der Waals surface area contributed by atoms with E-state index in [1.54, 1.807) is 0 Å². The third-order valence-electron chi connectivity index (χ3n) is 3.45. The molecule has 1 N–H and O–H groups in total. The van der Waals surface area contributed by atoms with Gasteiger partial charge in [0.15, 0.2) is 0 Å². The molecule has 3 rings (SSSR count). The second-order valence-corrected chi connectivity index (χ2v) is 5.09. The van der Waals surface area contributed by atoms with Crippen molar-refractivity contribution in [2.75, 3.05) is 5.32 Å². The molecule has 1 fully saturated rings. The smallest absolute Gasteiger partial charge is 0.236 e. The summed E-state index contributed by atoms with van der Waals surface area (Å²) in [7, 11) is 0. The maximum absolute atomic E-state index is 12.0. The Morgan fingerprint density at radius 3 is 2.80 bits per heavy atom. The number of fused-ring (bicyclic) bond motifs is 2. The van der Waals surface area contributed by atoms with E-state index in [9.17, 15) is 4.79 Å². The Labute approximate surface area is 96.4 Å². The number of rotatable bonds is 0. The minimum Gasteiger partial charge on any atom is -0.324 e. The largest absolute Gasteiger partial charge is 0.324 e. The van der Waals surface area contributed by atoms with Gasteiger partial charge in [-0.3, -0.25) is 4.79 Å². The lowest BCUT2D eigenvalue weighted by Crippen LogP contribution is -2.31. The summed E-state index contributed by atoms with van der Waals surface area (Å²) in [5.74, 6) is 0.139. The molecule has 0 radical (unpaired) electrons. The number of hydrogen-bond donors (Lipinski definition) is 1. The van der Waals surface area contributed by atoms with Gasteiger partial charge in [-0.2, -0.15) is 0 Å². The fourth-order valence-corrected chi connectivity index (χ4v) is 3.00. The van der Waals surface area contributed by atoms with Crippen molar-refractivity contribution < 1.29 is 4.79 Å². The molecule has 0 unspecified atom stereocenters. The molecule has 0 bridgehead atoms. The summed E-state index contributed by atoms with van der Waals surface area (Å²) in [5.41, 5.74) is 1.52. The van der Waals surface area contributed by atoms with Crippen molar-refractivity contribution in [1.29, 1.82) is 0 Å². The molecule has 0 saturated heterocycles. The number of anilines is 1. The first kappa shape index (κ1) is 9.33. The van der Waals surface area contributed by atoms with Crippen LogP contribution in [0.25, 0.3) is 0 Å². The van der Waals surface area contributed by atoms with Gasteiger partial charge in [0.1, 0.15) is 4.60 Å². The summed E-state index contributed by atoms with van der Waals surface area (Å²) >= 11 is 3.37. The first-order valence-electron chi connectivity index (χ1n) is 5.21. The summed E-state index contributed by atoms with van der Waals surface area (Å²) in [6.45, 7) is 0. The van der Waals surface area contributed by atoms with Crippen molar-refractivity contribution in [3.05, 3.63) is 22.4 Å². The molecule has 1 aromatic heterocycles. The Balaban J connectivity index is 2.19. The van der Waals surface area contributed by atoms with Crippen molar-refractivity contribution in [3.63, 3.8) is 0 Å². The Kier molecular flexibility index (Phi) is 1.89. The van der Waals surface area contributed by atoms with Gasteiger partial charge in [-0.1, -0.05) is 12.8 Å². The summed E-state index contributed by atoms with van der Waals surface area (Å²) in [4.78, 5) is 16.5. The van der Waals surface area contributed by atoms with Gasteiger partial charge in [0.2, 0.25) is 5.91 Å². The van der Waals surface area contributed by atoms with Crippen molar-refractivity contribution in [1.82, 2.24) is 4.98 Å². The Hall–Kier alpha value is -0.900. The maximum atomic E-state index is 12.0. The number of halogens is 1. The monoisotopic (exact) mass is 266 g/mol. The summed E-state index contributed by atoms with van der Waals surface area (Å²) in [5, 5.41) is 2.94. The lowest BCUT2D eigenvalue weighted by atomic mass is 9.83. The molecule has 0 aromatic carbocycles. The van der Waals surface area contributed by atoms with E-state index in [2.05, 4.69) is 26.2 Å².